The van der Waals surface area contributed by atoms with Crippen LogP contribution in [0.15, 0.2) is 0 Å². The average Bonchev–Trinajstić information content (AvgIpc) is 2.14. The number of ether oxygens (including phenoxy) is 2. The highest BCUT2D eigenvalue weighted by Crippen LogP contribution is 2.18. The van der Waals surface area contributed by atoms with Crippen molar-refractivity contribution in [1.29, 1.82) is 0 Å². The molecule has 0 aromatic carbocycles. The molecular formula is C9H18N2O5S. The van der Waals surface area contributed by atoms with E-state index >= 15 is 0 Å². The van der Waals surface area contributed by atoms with Gasteiger partial charge in [0.15, 0.2) is 6.29 Å². The van der Waals surface area contributed by atoms with Crippen LogP contribution in [-0.4, -0.2) is 65.0 Å². The number of nitrogens with one attached hydrogen (secondary N) is 1. The molecule has 8 heteroatoms. The molecule has 0 radical (unpaired) electrons. The standard InChI is InChI=1S/C9H18N2O5S/c1-15-8(16-2)4-10-9(12)7-5-11(6-7)17(3,13)14/h7-8H,4-6H2,1-3H3,(H,10,12). The molecule has 1 fully saturated rings. The van der Waals surface area contributed by atoms with Crippen molar-refractivity contribution in [1.82, 2.24) is 9.62 Å². The van der Waals surface area contributed by atoms with E-state index in [1.165, 1.54) is 18.5 Å². The molecule has 1 saturated heterocycles. The molecule has 1 N–H and O–H groups in total. The smallest absolute Gasteiger partial charge is 0.225 e. The van der Waals surface area contributed by atoms with Crippen molar-refractivity contribution >= 4 is 15.9 Å². The Morgan fingerprint density at radius 3 is 2.35 bits per heavy atom. The summed E-state index contributed by atoms with van der Waals surface area (Å²) in [5, 5.41) is 2.65. The normalized spacial score (nSPS) is 18.1. The lowest BCUT2D eigenvalue weighted by molar-refractivity contribution is -0.133. The molecule has 17 heavy (non-hydrogen) atoms. The molecule has 1 heterocycles. The Morgan fingerprint density at radius 1 is 1.41 bits per heavy atom. The van der Waals surface area contributed by atoms with E-state index in [1.807, 2.05) is 0 Å². The molecule has 0 bridgehead atoms. The van der Waals surface area contributed by atoms with Crippen LogP contribution in [0, 0.1) is 5.92 Å². The number of nitrogens with zero attached hydrogens (tertiary/aromatic N) is 1. The van der Waals surface area contributed by atoms with Crippen LogP contribution in [0.25, 0.3) is 0 Å². The molecule has 7 nitrogen and oxygen atoms in total. The lowest BCUT2D eigenvalue weighted by Crippen LogP contribution is -2.56. The minimum Gasteiger partial charge on any atom is -0.354 e. The highest BCUT2D eigenvalue weighted by Gasteiger charge is 2.37. The minimum atomic E-state index is -3.17. The Labute approximate surface area is 101 Å². The Kier molecular flexibility index (Phi) is 4.87. The summed E-state index contributed by atoms with van der Waals surface area (Å²) in [5.74, 6) is -0.455. The molecule has 0 aliphatic carbocycles. The number of hydrogen-bond donors (Lipinski definition) is 1. The van der Waals surface area contributed by atoms with Gasteiger partial charge in [-0.25, -0.2) is 12.7 Å². The van der Waals surface area contributed by atoms with Gasteiger partial charge in [-0.05, 0) is 0 Å². The van der Waals surface area contributed by atoms with Gasteiger partial charge in [-0.3, -0.25) is 4.79 Å². The van der Waals surface area contributed by atoms with Gasteiger partial charge in [-0.1, -0.05) is 0 Å². The highest BCUT2D eigenvalue weighted by atomic mass is 32.2. The Morgan fingerprint density at radius 2 is 1.94 bits per heavy atom. The van der Waals surface area contributed by atoms with Gasteiger partial charge < -0.3 is 14.8 Å². The first-order valence-electron chi connectivity index (χ1n) is 5.17. The zero-order valence-electron chi connectivity index (χ0n) is 10.2. The molecular weight excluding hydrogens is 248 g/mol. The number of amides is 1. The number of rotatable bonds is 6. The van der Waals surface area contributed by atoms with E-state index in [0.29, 0.717) is 0 Å². The van der Waals surface area contributed by atoms with Crippen molar-refractivity contribution in [3.05, 3.63) is 0 Å². The molecule has 1 aliphatic heterocycles. The van der Waals surface area contributed by atoms with Crippen molar-refractivity contribution in [2.75, 3.05) is 40.1 Å². The number of carbonyl (C=O) groups excluding carboxylic acids is 1. The Bertz CT molecular complexity index is 360. The third kappa shape index (κ3) is 3.91. The lowest BCUT2D eigenvalue weighted by atomic mass is 10.0. The maximum Gasteiger partial charge on any atom is 0.225 e. The van der Waals surface area contributed by atoms with Gasteiger partial charge in [-0.2, -0.15) is 0 Å². The zero-order valence-corrected chi connectivity index (χ0v) is 11.0. The summed E-state index contributed by atoms with van der Waals surface area (Å²) in [6, 6.07) is 0. The van der Waals surface area contributed by atoms with E-state index in [2.05, 4.69) is 5.32 Å². The van der Waals surface area contributed by atoms with E-state index < -0.39 is 16.3 Å². The van der Waals surface area contributed by atoms with Gasteiger partial charge in [0.05, 0.1) is 18.7 Å². The van der Waals surface area contributed by atoms with Crippen molar-refractivity contribution in [2.24, 2.45) is 5.92 Å². The molecule has 0 spiro atoms. The zero-order chi connectivity index (χ0) is 13.1. The number of hydrogen-bond acceptors (Lipinski definition) is 5. The van der Waals surface area contributed by atoms with E-state index in [0.717, 1.165) is 6.26 Å². The summed E-state index contributed by atoms with van der Waals surface area (Å²) in [6.07, 6.45) is 0.650. The lowest BCUT2D eigenvalue weighted by Gasteiger charge is -2.36. The topological polar surface area (TPSA) is 84.9 Å². The third-order valence-electron chi connectivity index (χ3n) is 2.66. The second-order valence-electron chi connectivity index (χ2n) is 3.92. The fourth-order valence-corrected chi connectivity index (χ4v) is 2.37. The van der Waals surface area contributed by atoms with Crippen LogP contribution >= 0.6 is 0 Å². The van der Waals surface area contributed by atoms with E-state index in [4.69, 9.17) is 9.47 Å². The van der Waals surface area contributed by atoms with Gasteiger partial charge in [0.1, 0.15) is 0 Å². The molecule has 0 atom stereocenters. The summed E-state index contributed by atoms with van der Waals surface area (Å²) < 4.78 is 33.3. The fourth-order valence-electron chi connectivity index (χ4n) is 1.47. The molecule has 1 rings (SSSR count). The predicted octanol–water partition coefficient (Wildman–Crippen LogP) is -1.39. The van der Waals surface area contributed by atoms with Crippen LogP contribution in [-0.2, 0) is 24.3 Å². The quantitative estimate of drug-likeness (QED) is 0.599. The third-order valence-corrected chi connectivity index (χ3v) is 3.89. The van der Waals surface area contributed by atoms with Crippen LogP contribution in [0.1, 0.15) is 0 Å². The summed E-state index contributed by atoms with van der Waals surface area (Å²) in [6.45, 7) is 0.742. The summed E-state index contributed by atoms with van der Waals surface area (Å²) in [4.78, 5) is 11.6. The number of carbonyl (C=O) groups is 1. The highest BCUT2D eigenvalue weighted by molar-refractivity contribution is 7.88. The molecule has 0 aromatic rings. The maximum atomic E-state index is 11.6. The fraction of sp³-hybridized carbons (Fsp3) is 0.889. The van der Waals surface area contributed by atoms with E-state index in [9.17, 15) is 13.2 Å². The SMILES string of the molecule is COC(CNC(=O)C1CN(S(C)(=O)=O)C1)OC. The Hall–Kier alpha value is -0.700. The first-order valence-corrected chi connectivity index (χ1v) is 7.01. The molecule has 100 valence electrons. The number of sulfonamides is 1. The monoisotopic (exact) mass is 266 g/mol. The van der Waals surface area contributed by atoms with Gasteiger partial charge in [0, 0.05) is 27.3 Å². The molecule has 0 aromatic heterocycles. The first kappa shape index (κ1) is 14.4. The van der Waals surface area contributed by atoms with E-state index in [1.54, 1.807) is 0 Å². The largest absolute Gasteiger partial charge is 0.354 e. The molecule has 0 saturated carbocycles. The van der Waals surface area contributed by atoms with Crippen molar-refractivity contribution < 1.29 is 22.7 Å². The summed E-state index contributed by atoms with van der Waals surface area (Å²) >= 11 is 0. The van der Waals surface area contributed by atoms with Crippen molar-refractivity contribution in [2.45, 2.75) is 6.29 Å². The van der Waals surface area contributed by atoms with Crippen molar-refractivity contribution in [3.63, 3.8) is 0 Å². The summed E-state index contributed by atoms with van der Waals surface area (Å²) in [7, 11) is -0.207. The molecule has 0 unspecified atom stereocenters. The van der Waals surface area contributed by atoms with Crippen LogP contribution in [0.5, 0.6) is 0 Å². The van der Waals surface area contributed by atoms with Crippen molar-refractivity contribution in [3.8, 4) is 0 Å². The predicted molar refractivity (Wildman–Crippen MR) is 60.7 cm³/mol. The van der Waals surface area contributed by atoms with E-state index in [-0.39, 0.29) is 31.5 Å². The number of methoxy groups -OCH3 is 2. The van der Waals surface area contributed by atoms with Gasteiger partial charge in [-0.15, -0.1) is 0 Å². The van der Waals surface area contributed by atoms with Gasteiger partial charge in [0.2, 0.25) is 15.9 Å². The van der Waals surface area contributed by atoms with Gasteiger partial charge >= 0.3 is 0 Å². The second-order valence-corrected chi connectivity index (χ2v) is 5.91. The van der Waals surface area contributed by atoms with Crippen LogP contribution in [0.4, 0.5) is 0 Å². The first-order chi connectivity index (χ1) is 7.88. The molecule has 1 amide bonds. The molecule has 1 aliphatic rings. The maximum absolute atomic E-state index is 11.6. The Balaban J connectivity index is 2.28. The average molecular weight is 266 g/mol. The van der Waals surface area contributed by atoms with Crippen LogP contribution < -0.4 is 5.32 Å². The summed E-state index contributed by atoms with van der Waals surface area (Å²) in [5.41, 5.74) is 0. The minimum absolute atomic E-state index is 0.177. The second kappa shape index (κ2) is 5.76. The van der Waals surface area contributed by atoms with Crippen LogP contribution in [0.2, 0.25) is 0 Å². The van der Waals surface area contributed by atoms with Crippen LogP contribution in [0.3, 0.4) is 0 Å². The van der Waals surface area contributed by atoms with Gasteiger partial charge in [0.25, 0.3) is 0 Å².